The van der Waals surface area contributed by atoms with Gasteiger partial charge in [-0.05, 0) is 262 Å². The van der Waals surface area contributed by atoms with E-state index in [1.807, 2.05) is 231 Å². The van der Waals surface area contributed by atoms with Gasteiger partial charge in [-0.1, -0.05) is 174 Å². The first kappa shape index (κ1) is 98.8. The molecule has 134 heavy (non-hydrogen) atoms. The highest BCUT2D eigenvalue weighted by Gasteiger charge is 2.30. The van der Waals surface area contributed by atoms with E-state index in [1.54, 1.807) is 87.5 Å². The van der Waals surface area contributed by atoms with Crippen LogP contribution in [0.15, 0.2) is 271 Å². The van der Waals surface area contributed by atoms with Crippen molar-refractivity contribution in [3.05, 3.63) is 327 Å². The van der Waals surface area contributed by atoms with E-state index in [4.69, 9.17) is 14.2 Å². The SMILES string of the molecule is CN1CCN(c2ccc(O)c(C(=O)Nc3cc(-c4ccccc4)ccc3C(=O)O)c2)CC1.CN1CCN(c2ccc(O)c(C(=O)Nc3cc(-c4ccccc4)ccc3C(=O)OC(C)(C)C)c2)CC1.Cc1ccc(Br)cc1C(=O)Nc1cc(-c2ccccc2)ccc1C(=O)OC(C)(C)C.Cc1ccc(N2CCN(C)CC2)cc1C(=O)Nc1cc(-c2ccccc2)ccc1C(=O)OC(C)(C)C. The van der Waals surface area contributed by atoms with Crippen LogP contribution in [0.3, 0.4) is 0 Å². The Kier molecular flexibility index (Phi) is 32.7. The number of anilines is 7. The number of rotatable bonds is 19. The lowest BCUT2D eigenvalue weighted by Gasteiger charge is -2.34. The molecule has 12 aromatic carbocycles. The number of carbonyl (C=O) groups excluding carboxylic acids is 7. The van der Waals surface area contributed by atoms with Crippen LogP contribution < -0.4 is 36.0 Å². The van der Waals surface area contributed by atoms with Crippen LogP contribution in [0.4, 0.5) is 39.8 Å². The topological polar surface area (TPSA) is 292 Å². The maximum Gasteiger partial charge on any atom is 0.340 e. The Bertz CT molecular complexity index is 6020. The molecule has 3 saturated heterocycles. The Labute approximate surface area is 792 Å². The number of piperazine rings is 3. The highest BCUT2D eigenvalue weighted by Crippen LogP contribution is 2.37. The van der Waals surface area contributed by atoms with Gasteiger partial charge in [-0.2, -0.15) is 0 Å². The van der Waals surface area contributed by atoms with E-state index < -0.39 is 52.5 Å². The van der Waals surface area contributed by atoms with Gasteiger partial charge in [0.25, 0.3) is 23.6 Å². The average Bonchev–Trinajstić information content (AvgIpc) is 0.812. The number of aryl methyl sites for hydroxylation is 2. The Hall–Kier alpha value is -14.2. The number of benzene rings is 12. The summed E-state index contributed by atoms with van der Waals surface area (Å²) in [4.78, 5) is 117. The van der Waals surface area contributed by atoms with Crippen LogP contribution in [0.5, 0.6) is 11.5 Å². The number of halogens is 1. The zero-order chi connectivity index (χ0) is 96.3. The third-order valence-electron chi connectivity index (χ3n) is 22.6. The number of nitrogens with one attached hydrogen (secondary N) is 4. The molecule has 0 unspecified atom stereocenters. The van der Waals surface area contributed by atoms with Crippen molar-refractivity contribution in [3.8, 4) is 56.0 Å². The number of nitrogens with zero attached hydrogens (tertiary/aromatic N) is 6. The van der Waals surface area contributed by atoms with E-state index in [2.05, 4.69) is 93.8 Å². The quantitative estimate of drug-likeness (QED) is 0.0292. The minimum Gasteiger partial charge on any atom is -0.507 e. The molecule has 0 bridgehead atoms. The summed E-state index contributed by atoms with van der Waals surface area (Å²) in [5.41, 5.74) is 13.3. The lowest BCUT2D eigenvalue weighted by molar-refractivity contribution is 0.00580. The number of hydrogen-bond acceptors (Lipinski definition) is 19. The number of phenolic OH excluding ortho intramolecular Hbond substituents is 2. The van der Waals surface area contributed by atoms with Crippen LogP contribution >= 0.6 is 15.9 Å². The summed E-state index contributed by atoms with van der Waals surface area (Å²) in [7, 11) is 6.27. The Morgan fingerprint density at radius 2 is 0.530 bits per heavy atom. The smallest absolute Gasteiger partial charge is 0.340 e. The van der Waals surface area contributed by atoms with Gasteiger partial charge in [0, 0.05) is 111 Å². The molecule has 0 aliphatic carbocycles. The fourth-order valence-electron chi connectivity index (χ4n) is 15.2. The number of esters is 3. The van der Waals surface area contributed by atoms with Crippen molar-refractivity contribution in [2.45, 2.75) is 93.0 Å². The van der Waals surface area contributed by atoms with Crippen LogP contribution in [-0.2, 0) is 14.2 Å². The fraction of sp³-hybridized carbons (Fsp3) is 0.266. The summed E-state index contributed by atoms with van der Waals surface area (Å²) >= 11 is 3.41. The first-order valence-corrected chi connectivity index (χ1v) is 45.4. The number of likely N-dealkylation sites (N-methyl/N-ethyl adjacent to an activating group) is 3. The van der Waals surface area contributed by atoms with Gasteiger partial charge in [-0.3, -0.25) is 19.2 Å². The molecule has 0 radical (unpaired) electrons. The van der Waals surface area contributed by atoms with Crippen LogP contribution in [0.1, 0.15) is 156 Å². The van der Waals surface area contributed by atoms with Gasteiger partial charge < -0.3 is 80.2 Å². The molecule has 24 nitrogen and oxygen atoms in total. The molecule has 694 valence electrons. The number of aromatic carboxylic acids is 1. The van der Waals surface area contributed by atoms with Crippen LogP contribution in [0.25, 0.3) is 44.5 Å². The molecule has 0 atom stereocenters. The third-order valence-corrected chi connectivity index (χ3v) is 23.0. The number of ether oxygens (including phenoxy) is 3. The van der Waals surface area contributed by atoms with Crippen LogP contribution in [0, 0.1) is 13.8 Å². The molecular weight excluding hydrogens is 1750 g/mol. The van der Waals surface area contributed by atoms with E-state index in [0.717, 1.165) is 156 Å². The minimum absolute atomic E-state index is 0.0206. The summed E-state index contributed by atoms with van der Waals surface area (Å²) in [6, 6.07) is 81.2. The third kappa shape index (κ3) is 27.2. The molecule has 7 N–H and O–H groups in total. The number of carboxylic acids is 1. The largest absolute Gasteiger partial charge is 0.507 e. The molecule has 0 spiro atoms. The van der Waals surface area contributed by atoms with Crippen molar-refractivity contribution in [2.75, 3.05) is 136 Å². The second-order valence-electron chi connectivity index (χ2n) is 36.4. The van der Waals surface area contributed by atoms with E-state index in [0.29, 0.717) is 39.3 Å². The molecule has 3 fully saturated rings. The standard InChI is InChI=1S/C30H35N3O3.C29H33N3O4.C25H24BrNO3.C25H25N3O4/c1-21-11-13-24(33-17-15-32(5)16-18-33)20-26(21)28(34)31-27-19-23(22-9-7-6-8-10-22)12-14-25(27)29(35)36-30(2,3)4;1-29(2,3)36-28(35)23-12-10-21(20-8-6-5-7-9-20)18-25(23)30-27(34)24-19-22(11-13-26(24)33)32-16-14-31(4)15-17-32;1-16-10-12-19(26)15-21(16)23(28)27-22-14-18(17-8-6-5-7-9-17)11-13-20(22)24(29)30-25(2,3)4;1-27-11-13-28(14-12-27)19-8-10-23(29)21(16-19)24(30)26-22-15-18(7-9-20(22)25(31)32)17-5-3-2-4-6-17/h6-14,19-20H,15-18H2,1-5H3,(H,31,34);5-13,18-19,33H,14-17H2,1-4H3,(H,30,34);5-15H,1-4H3,(H,27,28);2-10,15-16,29H,11-14H2,1H3,(H,26,30)(H,31,32). The second-order valence-corrected chi connectivity index (χ2v) is 37.3. The molecule has 3 aliphatic heterocycles. The number of aromatic hydroxyl groups is 2. The Morgan fingerprint density at radius 1 is 0.284 bits per heavy atom. The van der Waals surface area contributed by atoms with Crippen LogP contribution in [0.2, 0.25) is 0 Å². The second kappa shape index (κ2) is 44.3. The maximum atomic E-state index is 13.5. The van der Waals surface area contributed by atoms with E-state index in [9.17, 15) is 53.7 Å². The summed E-state index contributed by atoms with van der Waals surface area (Å²) in [5.74, 6) is -4.52. The minimum atomic E-state index is -1.14. The maximum absolute atomic E-state index is 13.5. The summed E-state index contributed by atoms with van der Waals surface area (Å²) < 4.78 is 17.6. The highest BCUT2D eigenvalue weighted by molar-refractivity contribution is 9.10. The van der Waals surface area contributed by atoms with E-state index in [1.165, 1.54) is 18.2 Å². The first-order valence-electron chi connectivity index (χ1n) is 44.6. The van der Waals surface area contributed by atoms with Crippen LogP contribution in [-0.4, -0.2) is 194 Å². The molecular formula is C109H117BrN10O14. The zero-order valence-electron chi connectivity index (χ0n) is 78.3. The van der Waals surface area contributed by atoms with Crippen molar-refractivity contribution >= 4 is 103 Å². The monoisotopic (exact) mass is 1870 g/mol. The first-order chi connectivity index (χ1) is 63.8. The van der Waals surface area contributed by atoms with Crippen molar-refractivity contribution in [1.29, 1.82) is 0 Å². The number of phenols is 2. The lowest BCUT2D eigenvalue weighted by atomic mass is 10.0. The number of carbonyl (C=O) groups is 8. The number of carboxylic acid groups (broad SMARTS) is 1. The van der Waals surface area contributed by atoms with Crippen molar-refractivity contribution in [1.82, 2.24) is 14.7 Å². The van der Waals surface area contributed by atoms with Gasteiger partial charge in [0.05, 0.1) is 56.1 Å². The number of amides is 4. The van der Waals surface area contributed by atoms with Gasteiger partial charge in [-0.25, -0.2) is 19.2 Å². The molecule has 3 aliphatic rings. The fourth-order valence-corrected chi connectivity index (χ4v) is 15.6. The molecule has 3 heterocycles. The average molecular weight is 1870 g/mol. The predicted molar refractivity (Wildman–Crippen MR) is 537 cm³/mol. The van der Waals surface area contributed by atoms with E-state index in [-0.39, 0.29) is 51.3 Å². The molecule has 15 rings (SSSR count). The Morgan fingerprint density at radius 3 is 0.813 bits per heavy atom. The molecule has 0 aromatic heterocycles. The molecule has 4 amide bonds. The molecule has 0 saturated carbocycles. The normalized spacial score (nSPS) is 13.6. The van der Waals surface area contributed by atoms with Gasteiger partial charge in [0.1, 0.15) is 28.3 Å². The van der Waals surface area contributed by atoms with Crippen molar-refractivity contribution in [2.24, 2.45) is 0 Å². The summed E-state index contributed by atoms with van der Waals surface area (Å²) in [6.45, 7) is 30.9. The van der Waals surface area contributed by atoms with Gasteiger partial charge in [-0.15, -0.1) is 0 Å². The summed E-state index contributed by atoms with van der Waals surface area (Å²) in [5, 5.41) is 41.9. The molecule has 12 aromatic rings. The van der Waals surface area contributed by atoms with Crippen molar-refractivity contribution in [3.63, 3.8) is 0 Å². The lowest BCUT2D eigenvalue weighted by Crippen LogP contribution is -2.44. The van der Waals surface area contributed by atoms with Gasteiger partial charge in [0.15, 0.2) is 0 Å². The highest BCUT2D eigenvalue weighted by atomic mass is 79.9. The number of hydrogen-bond donors (Lipinski definition) is 7. The molecule has 25 heteroatoms. The predicted octanol–water partition coefficient (Wildman–Crippen LogP) is 21.0. The van der Waals surface area contributed by atoms with E-state index >= 15 is 0 Å². The van der Waals surface area contributed by atoms with Crippen molar-refractivity contribution < 1.29 is 67.9 Å². The Balaban J connectivity index is 0.000000161. The van der Waals surface area contributed by atoms with Gasteiger partial charge in [0.2, 0.25) is 0 Å². The zero-order valence-corrected chi connectivity index (χ0v) is 79.9. The van der Waals surface area contributed by atoms with Gasteiger partial charge >= 0.3 is 23.9 Å². The summed E-state index contributed by atoms with van der Waals surface area (Å²) in [6.07, 6.45) is 0.